The van der Waals surface area contributed by atoms with E-state index in [0.717, 1.165) is 13.0 Å². The second-order valence-electron chi connectivity index (χ2n) is 6.59. The summed E-state index contributed by atoms with van der Waals surface area (Å²) >= 11 is 0. The van der Waals surface area contributed by atoms with Crippen molar-refractivity contribution in [3.63, 3.8) is 0 Å². The van der Waals surface area contributed by atoms with E-state index in [1.54, 1.807) is 0 Å². The van der Waals surface area contributed by atoms with E-state index in [-0.39, 0.29) is 42.7 Å². The number of carbonyl (C=O) groups excluding carboxylic acids is 1. The third kappa shape index (κ3) is 7.49. The van der Waals surface area contributed by atoms with E-state index < -0.39 is 0 Å². The summed E-state index contributed by atoms with van der Waals surface area (Å²) in [6.07, 6.45) is 7.53. The molecular weight excluding hydrogens is 321 g/mol. The summed E-state index contributed by atoms with van der Waals surface area (Å²) in [7, 11) is 4.22. The average Bonchev–Trinajstić information content (AvgIpc) is 2.46. The second-order valence-corrected chi connectivity index (χ2v) is 6.59. The number of rotatable bonds is 7. The van der Waals surface area contributed by atoms with Crippen LogP contribution in [0, 0.1) is 11.8 Å². The van der Waals surface area contributed by atoms with Crippen LogP contribution in [0.5, 0.6) is 0 Å². The minimum Gasteiger partial charge on any atom is -0.353 e. The molecule has 1 rings (SSSR count). The first-order valence-corrected chi connectivity index (χ1v) is 8.17. The lowest BCUT2D eigenvalue weighted by molar-refractivity contribution is -0.123. The summed E-state index contributed by atoms with van der Waals surface area (Å²) in [5.74, 6) is 0.948. The molecule has 0 aromatic rings. The fourth-order valence-electron chi connectivity index (χ4n) is 3.13. The number of nitrogens with two attached hydrogens (primary N) is 1. The maximum absolute atomic E-state index is 12.1. The Morgan fingerprint density at radius 2 is 1.77 bits per heavy atom. The number of hydrogen-bond acceptors (Lipinski definition) is 3. The maximum atomic E-state index is 12.1. The molecule has 4 nitrogen and oxygen atoms in total. The van der Waals surface area contributed by atoms with Crippen molar-refractivity contribution in [3.8, 4) is 0 Å². The van der Waals surface area contributed by atoms with Gasteiger partial charge in [0.05, 0.1) is 6.04 Å². The highest BCUT2D eigenvalue weighted by atomic mass is 35.5. The molecule has 6 heteroatoms. The van der Waals surface area contributed by atoms with Crippen LogP contribution in [-0.2, 0) is 4.79 Å². The Hall–Kier alpha value is -0.0300. The van der Waals surface area contributed by atoms with Gasteiger partial charge in [-0.05, 0) is 38.8 Å². The molecule has 0 aromatic heterocycles. The van der Waals surface area contributed by atoms with Gasteiger partial charge in [0.25, 0.3) is 0 Å². The zero-order valence-electron chi connectivity index (χ0n) is 14.5. The Morgan fingerprint density at radius 3 is 2.23 bits per heavy atom. The highest BCUT2D eigenvalue weighted by molar-refractivity contribution is 5.85. The highest BCUT2D eigenvalue weighted by Crippen LogP contribution is 2.28. The van der Waals surface area contributed by atoms with E-state index in [4.69, 9.17) is 5.73 Å². The molecule has 22 heavy (non-hydrogen) atoms. The number of carbonyl (C=O) groups is 1. The van der Waals surface area contributed by atoms with Gasteiger partial charge in [0.2, 0.25) is 5.91 Å². The highest BCUT2D eigenvalue weighted by Gasteiger charge is 2.27. The van der Waals surface area contributed by atoms with Crippen molar-refractivity contribution in [1.29, 1.82) is 0 Å². The SMILES string of the molecule is CCC(C)C(N)C(=O)NCC(C1CCCCC1)N(C)C.Cl.Cl. The molecule has 3 N–H and O–H groups in total. The van der Waals surface area contributed by atoms with Crippen molar-refractivity contribution in [2.75, 3.05) is 20.6 Å². The van der Waals surface area contributed by atoms with Crippen LogP contribution in [0.4, 0.5) is 0 Å². The third-order valence-electron chi connectivity index (χ3n) is 4.90. The van der Waals surface area contributed by atoms with Crippen LogP contribution in [0.25, 0.3) is 0 Å². The standard InChI is InChI=1S/C16H33N3O.2ClH/c1-5-12(2)15(17)16(20)18-11-14(19(3)4)13-9-7-6-8-10-13;;/h12-15H,5-11,17H2,1-4H3,(H,18,20);2*1H. The van der Waals surface area contributed by atoms with Gasteiger partial charge in [-0.15, -0.1) is 24.8 Å². The lowest BCUT2D eigenvalue weighted by Gasteiger charge is -2.35. The first-order chi connectivity index (χ1) is 9.47. The topological polar surface area (TPSA) is 58.4 Å². The molecule has 0 radical (unpaired) electrons. The first kappa shape index (κ1) is 24.2. The number of nitrogens with one attached hydrogen (secondary N) is 1. The van der Waals surface area contributed by atoms with Crippen molar-refractivity contribution in [2.24, 2.45) is 17.6 Å². The predicted octanol–water partition coefficient (Wildman–Crippen LogP) is 2.83. The molecule has 0 aliphatic heterocycles. The van der Waals surface area contributed by atoms with Gasteiger partial charge in [-0.25, -0.2) is 0 Å². The summed E-state index contributed by atoms with van der Waals surface area (Å²) < 4.78 is 0. The van der Waals surface area contributed by atoms with Gasteiger partial charge in [-0.2, -0.15) is 0 Å². The molecule has 0 heterocycles. The van der Waals surface area contributed by atoms with Crippen LogP contribution < -0.4 is 11.1 Å². The second kappa shape index (κ2) is 12.4. The Labute approximate surface area is 148 Å². The largest absolute Gasteiger partial charge is 0.353 e. The minimum absolute atomic E-state index is 0. The summed E-state index contributed by atoms with van der Waals surface area (Å²) in [6.45, 7) is 4.83. The van der Waals surface area contributed by atoms with Crippen LogP contribution in [0.2, 0.25) is 0 Å². The van der Waals surface area contributed by atoms with Crippen LogP contribution in [-0.4, -0.2) is 43.5 Å². The molecule has 3 unspecified atom stereocenters. The molecule has 1 fully saturated rings. The van der Waals surface area contributed by atoms with E-state index in [9.17, 15) is 4.79 Å². The van der Waals surface area contributed by atoms with Crippen molar-refractivity contribution < 1.29 is 4.79 Å². The van der Waals surface area contributed by atoms with Gasteiger partial charge in [0.1, 0.15) is 0 Å². The van der Waals surface area contributed by atoms with E-state index in [1.807, 2.05) is 6.92 Å². The fourth-order valence-corrected chi connectivity index (χ4v) is 3.13. The van der Waals surface area contributed by atoms with Crippen LogP contribution in [0.1, 0.15) is 52.4 Å². The van der Waals surface area contributed by atoms with E-state index in [0.29, 0.717) is 12.0 Å². The Morgan fingerprint density at radius 1 is 1.23 bits per heavy atom. The molecule has 1 aliphatic carbocycles. The molecule has 134 valence electrons. The molecule has 1 aliphatic rings. The summed E-state index contributed by atoms with van der Waals surface area (Å²) in [5, 5.41) is 3.07. The van der Waals surface area contributed by atoms with Gasteiger partial charge in [-0.1, -0.05) is 39.5 Å². The van der Waals surface area contributed by atoms with E-state index >= 15 is 0 Å². The maximum Gasteiger partial charge on any atom is 0.237 e. The van der Waals surface area contributed by atoms with Gasteiger partial charge >= 0.3 is 0 Å². The smallest absolute Gasteiger partial charge is 0.237 e. The van der Waals surface area contributed by atoms with Gasteiger partial charge in [0, 0.05) is 12.6 Å². The lowest BCUT2D eigenvalue weighted by Crippen LogP contribution is -2.50. The quantitative estimate of drug-likeness (QED) is 0.738. The van der Waals surface area contributed by atoms with E-state index in [1.165, 1.54) is 32.1 Å². The molecular formula is C16H35Cl2N3O. The molecule has 0 bridgehead atoms. The molecule has 0 aromatic carbocycles. The number of hydrogen-bond donors (Lipinski definition) is 2. The fraction of sp³-hybridized carbons (Fsp3) is 0.938. The summed E-state index contributed by atoms with van der Waals surface area (Å²) in [5.41, 5.74) is 5.99. The summed E-state index contributed by atoms with van der Waals surface area (Å²) in [6, 6.07) is 0.0533. The van der Waals surface area contributed by atoms with Crippen molar-refractivity contribution in [1.82, 2.24) is 10.2 Å². The first-order valence-electron chi connectivity index (χ1n) is 8.17. The van der Waals surface area contributed by atoms with Crippen LogP contribution in [0.15, 0.2) is 0 Å². The third-order valence-corrected chi connectivity index (χ3v) is 4.90. The normalized spacial score (nSPS) is 19.5. The zero-order valence-corrected chi connectivity index (χ0v) is 16.1. The molecule has 0 saturated heterocycles. The Kier molecular flexibility index (Phi) is 13.7. The number of amides is 1. The molecule has 0 spiro atoms. The monoisotopic (exact) mass is 355 g/mol. The van der Waals surface area contributed by atoms with E-state index in [2.05, 4.69) is 31.2 Å². The minimum atomic E-state index is -0.380. The van der Waals surface area contributed by atoms with Gasteiger partial charge in [-0.3, -0.25) is 4.79 Å². The average molecular weight is 356 g/mol. The zero-order chi connectivity index (χ0) is 15.1. The Balaban J connectivity index is 0. The number of likely N-dealkylation sites (N-methyl/N-ethyl adjacent to an activating group) is 1. The van der Waals surface area contributed by atoms with Crippen LogP contribution in [0.3, 0.4) is 0 Å². The van der Waals surface area contributed by atoms with Crippen molar-refractivity contribution in [2.45, 2.75) is 64.5 Å². The molecule has 1 amide bonds. The number of nitrogens with zero attached hydrogens (tertiary/aromatic N) is 1. The predicted molar refractivity (Wildman–Crippen MR) is 99.0 cm³/mol. The lowest BCUT2D eigenvalue weighted by atomic mass is 9.83. The summed E-state index contributed by atoms with van der Waals surface area (Å²) in [4.78, 5) is 14.4. The van der Waals surface area contributed by atoms with Crippen LogP contribution >= 0.6 is 24.8 Å². The van der Waals surface area contributed by atoms with Gasteiger partial charge < -0.3 is 16.0 Å². The van der Waals surface area contributed by atoms with Crippen molar-refractivity contribution in [3.05, 3.63) is 0 Å². The van der Waals surface area contributed by atoms with Crippen molar-refractivity contribution >= 4 is 30.7 Å². The van der Waals surface area contributed by atoms with Gasteiger partial charge in [0.15, 0.2) is 0 Å². The number of halogens is 2. The molecule has 1 saturated carbocycles. The molecule has 3 atom stereocenters. The Bertz CT molecular complexity index is 297.